The molecule has 1 aliphatic heterocycles. The minimum absolute atomic E-state index is 0.242. The van der Waals surface area contributed by atoms with Gasteiger partial charge >= 0.3 is 0 Å². The number of nitrogens with zero attached hydrogens (tertiary/aromatic N) is 1. The van der Waals surface area contributed by atoms with Gasteiger partial charge in [0, 0.05) is 18.7 Å². The summed E-state index contributed by atoms with van der Waals surface area (Å²) in [5.41, 5.74) is 7.31. The molecule has 1 heterocycles. The smallest absolute Gasteiger partial charge is 0.0771 e. The van der Waals surface area contributed by atoms with Crippen LogP contribution in [0, 0.1) is 5.92 Å². The molecule has 0 aromatic rings. The Morgan fingerprint density at radius 1 is 1.64 bits per heavy atom. The van der Waals surface area contributed by atoms with Crippen LogP contribution >= 0.6 is 0 Å². The molecule has 0 aromatic heterocycles. The topological polar surface area (TPSA) is 29.3 Å². The molecule has 2 aliphatic rings. The van der Waals surface area contributed by atoms with Gasteiger partial charge in [0.1, 0.15) is 0 Å². The van der Waals surface area contributed by atoms with Crippen LogP contribution in [0.5, 0.6) is 0 Å². The van der Waals surface area contributed by atoms with Gasteiger partial charge in [0.2, 0.25) is 0 Å². The van der Waals surface area contributed by atoms with Crippen LogP contribution in [0.15, 0.2) is 23.9 Å². The Balaban J connectivity index is 2.25. The van der Waals surface area contributed by atoms with Crippen LogP contribution in [-0.4, -0.2) is 18.1 Å². The third-order valence-electron chi connectivity index (χ3n) is 2.67. The summed E-state index contributed by atoms with van der Waals surface area (Å²) in [5, 5.41) is 0. The van der Waals surface area contributed by atoms with Crippen LogP contribution in [-0.2, 0) is 0 Å². The molecule has 2 atom stereocenters. The first-order valence-electron chi connectivity index (χ1n) is 4.14. The lowest BCUT2D eigenvalue weighted by molar-refractivity contribution is 0.361. The van der Waals surface area contributed by atoms with Gasteiger partial charge in [-0.3, -0.25) is 0 Å². The van der Waals surface area contributed by atoms with Crippen LogP contribution < -0.4 is 5.73 Å². The summed E-state index contributed by atoms with van der Waals surface area (Å²) in [5.74, 6) is 0.694. The SMILES string of the molecule is CN1C2=CC=CCC2CC1N. The van der Waals surface area contributed by atoms with Crippen molar-refractivity contribution in [3.63, 3.8) is 0 Å². The van der Waals surface area contributed by atoms with Crippen molar-refractivity contribution in [3.05, 3.63) is 23.9 Å². The number of rotatable bonds is 0. The van der Waals surface area contributed by atoms with Crippen molar-refractivity contribution in [1.29, 1.82) is 0 Å². The van der Waals surface area contributed by atoms with E-state index in [2.05, 4.69) is 30.2 Å². The number of hydrogen-bond donors (Lipinski definition) is 1. The van der Waals surface area contributed by atoms with Crippen molar-refractivity contribution in [1.82, 2.24) is 4.90 Å². The number of nitrogens with two attached hydrogens (primary N) is 1. The molecule has 11 heavy (non-hydrogen) atoms. The second-order valence-corrected chi connectivity index (χ2v) is 3.37. The van der Waals surface area contributed by atoms with E-state index in [9.17, 15) is 0 Å². The van der Waals surface area contributed by atoms with E-state index in [-0.39, 0.29) is 6.17 Å². The van der Waals surface area contributed by atoms with Crippen LogP contribution in [0.3, 0.4) is 0 Å². The normalized spacial score (nSPS) is 35.5. The molecule has 2 rings (SSSR count). The number of hydrogen-bond acceptors (Lipinski definition) is 2. The summed E-state index contributed by atoms with van der Waals surface area (Å²) in [6, 6.07) is 0. The van der Waals surface area contributed by atoms with Gasteiger partial charge in [-0.05, 0) is 18.9 Å². The third-order valence-corrected chi connectivity index (χ3v) is 2.67. The molecule has 60 valence electrons. The first kappa shape index (κ1) is 6.92. The Morgan fingerprint density at radius 3 is 3.18 bits per heavy atom. The summed E-state index contributed by atoms with van der Waals surface area (Å²) in [7, 11) is 2.08. The van der Waals surface area contributed by atoms with Gasteiger partial charge in [0.15, 0.2) is 0 Å². The maximum atomic E-state index is 5.90. The molecule has 0 saturated carbocycles. The zero-order valence-corrected chi connectivity index (χ0v) is 6.83. The highest BCUT2D eigenvalue weighted by Crippen LogP contribution is 2.34. The average molecular weight is 150 g/mol. The predicted molar refractivity (Wildman–Crippen MR) is 45.7 cm³/mol. The Hall–Kier alpha value is -0.760. The standard InChI is InChI=1S/C9H14N2/c1-11-8-5-3-2-4-7(8)6-9(11)10/h2-3,5,7,9H,4,6,10H2,1H3. The molecule has 2 heteroatoms. The highest BCUT2D eigenvalue weighted by molar-refractivity contribution is 5.23. The summed E-state index contributed by atoms with van der Waals surface area (Å²) < 4.78 is 0. The zero-order valence-electron chi connectivity index (χ0n) is 6.83. The lowest BCUT2D eigenvalue weighted by atomic mass is 9.97. The van der Waals surface area contributed by atoms with Crippen LogP contribution in [0.25, 0.3) is 0 Å². The molecule has 1 saturated heterocycles. The first-order valence-corrected chi connectivity index (χ1v) is 4.14. The molecule has 2 unspecified atom stereocenters. The second kappa shape index (κ2) is 2.38. The molecular formula is C9H14N2. The maximum absolute atomic E-state index is 5.90. The summed E-state index contributed by atoms with van der Waals surface area (Å²) >= 11 is 0. The zero-order chi connectivity index (χ0) is 7.84. The van der Waals surface area contributed by atoms with Gasteiger partial charge in [-0.2, -0.15) is 0 Å². The summed E-state index contributed by atoms with van der Waals surface area (Å²) in [6.07, 6.45) is 9.06. The monoisotopic (exact) mass is 150 g/mol. The van der Waals surface area contributed by atoms with E-state index >= 15 is 0 Å². The largest absolute Gasteiger partial charge is 0.362 e. The third kappa shape index (κ3) is 0.979. The molecular weight excluding hydrogens is 136 g/mol. The highest BCUT2D eigenvalue weighted by atomic mass is 15.2. The van der Waals surface area contributed by atoms with Gasteiger partial charge in [-0.25, -0.2) is 0 Å². The fraction of sp³-hybridized carbons (Fsp3) is 0.556. The lowest BCUT2D eigenvalue weighted by Gasteiger charge is -2.20. The molecule has 1 fully saturated rings. The van der Waals surface area contributed by atoms with Crippen molar-refractivity contribution in [2.45, 2.75) is 19.0 Å². The number of fused-ring (bicyclic) bond motifs is 1. The minimum atomic E-state index is 0.242. The quantitative estimate of drug-likeness (QED) is 0.559. The average Bonchev–Trinajstić information content (AvgIpc) is 2.30. The van der Waals surface area contributed by atoms with E-state index in [1.807, 2.05) is 0 Å². The minimum Gasteiger partial charge on any atom is -0.362 e. The maximum Gasteiger partial charge on any atom is 0.0771 e. The van der Waals surface area contributed by atoms with Crippen molar-refractivity contribution in [2.75, 3.05) is 7.05 Å². The second-order valence-electron chi connectivity index (χ2n) is 3.37. The van der Waals surface area contributed by atoms with E-state index in [0.29, 0.717) is 5.92 Å². The van der Waals surface area contributed by atoms with Gasteiger partial charge in [-0.1, -0.05) is 12.2 Å². The van der Waals surface area contributed by atoms with Crippen molar-refractivity contribution >= 4 is 0 Å². The molecule has 2 nitrogen and oxygen atoms in total. The molecule has 0 aromatic carbocycles. The Labute approximate surface area is 67.4 Å². The molecule has 0 spiro atoms. The molecule has 0 radical (unpaired) electrons. The molecule has 1 aliphatic carbocycles. The lowest BCUT2D eigenvalue weighted by Crippen LogP contribution is -2.31. The van der Waals surface area contributed by atoms with Crippen LogP contribution in [0.1, 0.15) is 12.8 Å². The Bertz CT molecular complexity index is 214. The predicted octanol–water partition coefficient (Wildman–Crippen LogP) is 1.07. The number of likely N-dealkylation sites (tertiary alicyclic amines) is 1. The van der Waals surface area contributed by atoms with E-state index in [4.69, 9.17) is 5.73 Å². The Morgan fingerprint density at radius 2 is 2.45 bits per heavy atom. The molecule has 0 amide bonds. The van der Waals surface area contributed by atoms with Crippen molar-refractivity contribution < 1.29 is 0 Å². The van der Waals surface area contributed by atoms with Crippen LogP contribution in [0.4, 0.5) is 0 Å². The fourth-order valence-electron chi connectivity index (χ4n) is 1.93. The van der Waals surface area contributed by atoms with Gasteiger partial charge in [0.05, 0.1) is 6.17 Å². The molecule has 0 bridgehead atoms. The first-order chi connectivity index (χ1) is 5.29. The highest BCUT2D eigenvalue weighted by Gasteiger charge is 2.30. The fourth-order valence-corrected chi connectivity index (χ4v) is 1.93. The van der Waals surface area contributed by atoms with E-state index < -0.39 is 0 Å². The van der Waals surface area contributed by atoms with Gasteiger partial charge in [0.25, 0.3) is 0 Å². The van der Waals surface area contributed by atoms with Gasteiger partial charge in [-0.15, -0.1) is 0 Å². The Kier molecular flexibility index (Phi) is 1.50. The van der Waals surface area contributed by atoms with Gasteiger partial charge < -0.3 is 10.6 Å². The molecule has 2 N–H and O–H groups in total. The van der Waals surface area contributed by atoms with Crippen molar-refractivity contribution in [2.24, 2.45) is 11.7 Å². The van der Waals surface area contributed by atoms with E-state index in [1.54, 1.807) is 0 Å². The summed E-state index contributed by atoms with van der Waals surface area (Å²) in [6.45, 7) is 0. The van der Waals surface area contributed by atoms with Crippen molar-refractivity contribution in [3.8, 4) is 0 Å². The van der Waals surface area contributed by atoms with E-state index in [1.165, 1.54) is 12.1 Å². The van der Waals surface area contributed by atoms with E-state index in [0.717, 1.165) is 6.42 Å². The summed E-state index contributed by atoms with van der Waals surface area (Å²) in [4.78, 5) is 2.19. The van der Waals surface area contributed by atoms with Crippen LogP contribution in [0.2, 0.25) is 0 Å². The number of allylic oxidation sites excluding steroid dienone is 4.